The predicted molar refractivity (Wildman–Crippen MR) is 165 cm³/mol. The topological polar surface area (TPSA) is 96.4 Å². The summed E-state index contributed by atoms with van der Waals surface area (Å²) in [4.78, 5) is 9.47. The molecular formula is C32H32N6O2. The Hall–Kier alpha value is -4.92. The van der Waals surface area contributed by atoms with Gasteiger partial charge in [0.05, 0.1) is 50.1 Å². The third-order valence-corrected chi connectivity index (χ3v) is 5.57. The third kappa shape index (κ3) is 8.04. The number of aliphatic hydroxyl groups excluding tert-OH is 2. The first-order valence-electron chi connectivity index (χ1n) is 13.0. The fraction of sp³-hybridized carbons (Fsp3) is 0.125. The highest BCUT2D eigenvalue weighted by Gasteiger charge is 2.25. The zero-order valence-electron chi connectivity index (χ0n) is 22.1. The number of hydrogen-bond acceptors (Lipinski definition) is 6. The maximum absolute atomic E-state index is 9.75. The summed E-state index contributed by atoms with van der Waals surface area (Å²) >= 11 is 0. The van der Waals surface area contributed by atoms with Crippen molar-refractivity contribution in [2.24, 2.45) is 20.2 Å². The van der Waals surface area contributed by atoms with Crippen LogP contribution in [0.4, 0.5) is 11.4 Å². The summed E-state index contributed by atoms with van der Waals surface area (Å²) in [6, 6.07) is 38.7. The van der Waals surface area contributed by atoms with Crippen molar-refractivity contribution < 1.29 is 10.2 Å². The van der Waals surface area contributed by atoms with Crippen LogP contribution < -0.4 is 10.0 Å². The molecule has 0 unspecified atom stereocenters. The molecule has 4 aromatic carbocycles. The Labute approximate surface area is 234 Å². The largest absolute Gasteiger partial charge is 0.394 e. The van der Waals surface area contributed by atoms with Crippen LogP contribution in [0.3, 0.4) is 0 Å². The first kappa shape index (κ1) is 28.1. The van der Waals surface area contributed by atoms with Crippen LogP contribution in [0.15, 0.2) is 142 Å². The zero-order valence-corrected chi connectivity index (χ0v) is 22.1. The van der Waals surface area contributed by atoms with E-state index in [4.69, 9.17) is 20.2 Å². The minimum atomic E-state index is -0.166. The fourth-order valence-electron chi connectivity index (χ4n) is 3.73. The molecule has 8 nitrogen and oxygen atoms in total. The molecule has 0 saturated heterocycles. The van der Waals surface area contributed by atoms with Crippen molar-refractivity contribution in [3.8, 4) is 0 Å². The van der Waals surface area contributed by atoms with Crippen LogP contribution in [-0.2, 0) is 0 Å². The molecule has 40 heavy (non-hydrogen) atoms. The Morgan fingerprint density at radius 1 is 0.500 bits per heavy atom. The van der Waals surface area contributed by atoms with Crippen LogP contribution in [0.1, 0.15) is 11.1 Å². The summed E-state index contributed by atoms with van der Waals surface area (Å²) in [5.41, 5.74) is 3.29. The van der Waals surface area contributed by atoms with E-state index in [0.717, 1.165) is 22.5 Å². The highest BCUT2D eigenvalue weighted by Crippen LogP contribution is 2.21. The van der Waals surface area contributed by atoms with Gasteiger partial charge in [0.25, 0.3) is 0 Å². The number of anilines is 2. The fourth-order valence-corrected chi connectivity index (χ4v) is 3.73. The lowest BCUT2D eigenvalue weighted by molar-refractivity contribution is 0.306. The van der Waals surface area contributed by atoms with Crippen molar-refractivity contribution in [1.29, 1.82) is 0 Å². The maximum Gasteiger partial charge on any atom is 0.194 e. The molecule has 0 aliphatic heterocycles. The van der Waals surface area contributed by atoms with Gasteiger partial charge in [-0.3, -0.25) is 9.98 Å². The van der Waals surface area contributed by atoms with E-state index >= 15 is 0 Å². The minimum Gasteiger partial charge on any atom is -0.394 e. The molecule has 4 rings (SSSR count). The number of para-hydroxylation sites is 2. The third-order valence-electron chi connectivity index (χ3n) is 5.57. The quantitative estimate of drug-likeness (QED) is 0.173. The number of hydrogen-bond donors (Lipinski definition) is 2. The molecule has 202 valence electrons. The molecule has 0 spiro atoms. The Kier molecular flexibility index (Phi) is 10.9. The highest BCUT2D eigenvalue weighted by molar-refractivity contribution is 6.49. The van der Waals surface area contributed by atoms with E-state index in [-0.39, 0.29) is 26.3 Å². The van der Waals surface area contributed by atoms with Gasteiger partial charge in [-0.15, -0.1) is 0 Å². The van der Waals surface area contributed by atoms with Gasteiger partial charge in [-0.05, 0) is 35.4 Å². The molecule has 0 aliphatic rings. The molecule has 0 saturated carbocycles. The average Bonchev–Trinajstić information content (AvgIpc) is 3.02. The van der Waals surface area contributed by atoms with E-state index in [9.17, 15) is 10.2 Å². The lowest BCUT2D eigenvalue weighted by Crippen LogP contribution is -2.43. The van der Waals surface area contributed by atoms with E-state index in [2.05, 4.69) is 0 Å². The number of hydrazone groups is 2. The van der Waals surface area contributed by atoms with Crippen LogP contribution in [0.5, 0.6) is 0 Å². The van der Waals surface area contributed by atoms with Crippen molar-refractivity contribution in [2.75, 3.05) is 36.3 Å². The van der Waals surface area contributed by atoms with Crippen LogP contribution >= 0.6 is 0 Å². The molecular weight excluding hydrogens is 500 g/mol. The van der Waals surface area contributed by atoms with Gasteiger partial charge in [-0.2, -0.15) is 10.2 Å². The van der Waals surface area contributed by atoms with Gasteiger partial charge in [-0.1, -0.05) is 97.1 Å². The van der Waals surface area contributed by atoms with Gasteiger partial charge in [0, 0.05) is 0 Å². The number of aliphatic imine (C=N–C) groups is 2. The predicted octanol–water partition coefficient (Wildman–Crippen LogP) is 4.85. The number of rotatable bonds is 10. The van der Waals surface area contributed by atoms with Crippen LogP contribution in [0.2, 0.25) is 0 Å². The molecule has 0 heterocycles. The molecule has 8 heteroatoms. The standard InChI is InChI=1S/C32H32N6O2/c39-23-21-33-31(37(29-17-9-3-10-18-29)35-25-27-13-5-1-6-14-27)32(34-22-24-40)38(30-19-11-4-12-20-30)36-26-28-15-7-2-8-16-28/h1-20,25-26,39-40H,21-24H2/b33-31?,34-32?,35-25-,36-26+. The highest BCUT2D eigenvalue weighted by atomic mass is 16.3. The van der Waals surface area contributed by atoms with E-state index in [1.54, 1.807) is 22.4 Å². The molecule has 0 aromatic heterocycles. The van der Waals surface area contributed by atoms with Gasteiger partial charge >= 0.3 is 0 Å². The summed E-state index contributed by atoms with van der Waals surface area (Å²) < 4.78 is 0. The van der Waals surface area contributed by atoms with E-state index in [1.165, 1.54) is 0 Å². The molecule has 4 aromatic rings. The van der Waals surface area contributed by atoms with E-state index in [1.807, 2.05) is 121 Å². The molecule has 0 bridgehead atoms. The molecule has 0 aliphatic carbocycles. The van der Waals surface area contributed by atoms with Crippen LogP contribution in [-0.4, -0.2) is 60.6 Å². The summed E-state index contributed by atoms with van der Waals surface area (Å²) in [5, 5.41) is 32.5. The van der Waals surface area contributed by atoms with Crippen molar-refractivity contribution in [3.63, 3.8) is 0 Å². The van der Waals surface area contributed by atoms with E-state index in [0.29, 0.717) is 11.7 Å². The number of nitrogens with zero attached hydrogens (tertiary/aromatic N) is 6. The van der Waals surface area contributed by atoms with Crippen molar-refractivity contribution >= 4 is 35.5 Å². The molecule has 0 radical (unpaired) electrons. The van der Waals surface area contributed by atoms with Gasteiger partial charge in [-0.25, -0.2) is 10.0 Å². The Morgan fingerprint density at radius 2 is 0.825 bits per heavy atom. The Morgan fingerprint density at radius 3 is 1.15 bits per heavy atom. The zero-order chi connectivity index (χ0) is 27.8. The Balaban J connectivity index is 1.88. The van der Waals surface area contributed by atoms with Gasteiger partial charge in [0.1, 0.15) is 0 Å². The van der Waals surface area contributed by atoms with Gasteiger partial charge in [0.15, 0.2) is 11.7 Å². The van der Waals surface area contributed by atoms with Crippen LogP contribution in [0.25, 0.3) is 0 Å². The lowest BCUT2D eigenvalue weighted by atomic mass is 10.2. The number of aliphatic hydroxyl groups is 2. The minimum absolute atomic E-state index is 0.114. The van der Waals surface area contributed by atoms with Gasteiger partial charge < -0.3 is 10.2 Å². The molecule has 0 amide bonds. The molecule has 0 atom stereocenters. The first-order chi connectivity index (χ1) is 19.8. The summed E-state index contributed by atoms with van der Waals surface area (Å²) in [6.45, 7) is -0.105. The SMILES string of the molecule is OCCN=C(C(=NCCO)N(/N=C/c1ccccc1)c1ccccc1)N(/N=C\c1ccccc1)c1ccccc1. The molecule has 0 fully saturated rings. The van der Waals surface area contributed by atoms with Crippen molar-refractivity contribution in [1.82, 2.24) is 0 Å². The summed E-state index contributed by atoms with van der Waals surface area (Å²) in [7, 11) is 0. The second kappa shape index (κ2) is 15.5. The summed E-state index contributed by atoms with van der Waals surface area (Å²) in [6.07, 6.45) is 3.48. The lowest BCUT2D eigenvalue weighted by Gasteiger charge is -2.27. The van der Waals surface area contributed by atoms with Crippen LogP contribution in [0, 0.1) is 0 Å². The smallest absolute Gasteiger partial charge is 0.194 e. The first-order valence-corrected chi connectivity index (χ1v) is 13.0. The second-order valence-electron chi connectivity index (χ2n) is 8.46. The maximum atomic E-state index is 9.75. The summed E-state index contributed by atoms with van der Waals surface area (Å²) in [5.74, 6) is 0.713. The number of amidine groups is 2. The average molecular weight is 533 g/mol. The second-order valence-corrected chi connectivity index (χ2v) is 8.46. The van der Waals surface area contributed by atoms with Crippen molar-refractivity contribution in [3.05, 3.63) is 132 Å². The monoisotopic (exact) mass is 532 g/mol. The molecule has 2 N–H and O–H groups in total. The normalized spacial score (nSPS) is 12.2. The van der Waals surface area contributed by atoms with E-state index < -0.39 is 0 Å². The van der Waals surface area contributed by atoms with Gasteiger partial charge in [0.2, 0.25) is 0 Å². The Bertz CT molecular complexity index is 1300. The number of benzene rings is 4. The van der Waals surface area contributed by atoms with Crippen molar-refractivity contribution in [2.45, 2.75) is 0 Å².